The molecule has 0 saturated carbocycles. The highest BCUT2D eigenvalue weighted by molar-refractivity contribution is 5.66. The van der Waals surface area contributed by atoms with Crippen LogP contribution in [-0.2, 0) is 14.3 Å². The van der Waals surface area contributed by atoms with Gasteiger partial charge in [0.2, 0.25) is 0 Å². The molecule has 0 fully saturated rings. The van der Waals surface area contributed by atoms with Gasteiger partial charge in [0, 0.05) is 13.3 Å². The fraction of sp³-hybridized carbons (Fsp3) is 0.857. The lowest BCUT2D eigenvalue weighted by atomic mass is 10.1. The first-order valence-electron chi connectivity index (χ1n) is 6.89. The highest BCUT2D eigenvalue weighted by Crippen LogP contribution is 2.07. The molecule has 0 atom stereocenters. The molecule has 0 heterocycles. The predicted molar refractivity (Wildman–Crippen MR) is 72.6 cm³/mol. The number of hydrogen-bond acceptors (Lipinski definition) is 3. The molecule has 0 unspecified atom stereocenters. The highest BCUT2D eigenvalue weighted by Gasteiger charge is 1.95. The fourth-order valence-corrected chi connectivity index (χ4v) is 1.44. The Hall–Kier alpha value is -1.06. The number of carbonyl (C=O) groups is 2. The maximum Gasteiger partial charge on any atom is 0.303 e. The smallest absolute Gasteiger partial charge is 0.303 e. The summed E-state index contributed by atoms with van der Waals surface area (Å²) in [5, 5.41) is 8.35. The minimum Gasteiger partial charge on any atom is -0.481 e. The number of hydrogen-bond donors (Lipinski definition) is 1. The van der Waals surface area contributed by atoms with Crippen LogP contribution < -0.4 is 0 Å². The predicted octanol–water partition coefficient (Wildman–Crippen LogP) is 3.78. The molecule has 0 bridgehead atoms. The van der Waals surface area contributed by atoms with Crippen molar-refractivity contribution < 1.29 is 19.4 Å². The molecular formula is C14H28O4. The molecule has 0 radical (unpaired) electrons. The largest absolute Gasteiger partial charge is 0.481 e. The average Bonchev–Trinajstić information content (AvgIpc) is 2.28. The molecule has 1 N–H and O–H groups in total. The van der Waals surface area contributed by atoms with E-state index in [-0.39, 0.29) is 5.97 Å². The second-order valence-electron chi connectivity index (χ2n) is 4.19. The van der Waals surface area contributed by atoms with Crippen LogP contribution in [0.15, 0.2) is 0 Å². The van der Waals surface area contributed by atoms with Gasteiger partial charge in [-0.15, -0.1) is 0 Å². The maximum absolute atomic E-state index is 10.1. The van der Waals surface area contributed by atoms with Crippen molar-refractivity contribution in [1.29, 1.82) is 0 Å². The molecule has 0 aromatic rings. The van der Waals surface area contributed by atoms with Crippen LogP contribution in [0.25, 0.3) is 0 Å². The number of carboxylic acids is 1. The Balaban J connectivity index is 0. The van der Waals surface area contributed by atoms with Gasteiger partial charge >= 0.3 is 11.9 Å². The standard InChI is InChI=1S/C10H20O2.C4H8O2/c1-2-3-4-5-6-7-8-9-10(11)12;1-3-6-4(2)5/h2-9H2,1H3,(H,11,12);3H2,1-2H3. The van der Waals surface area contributed by atoms with E-state index >= 15 is 0 Å². The van der Waals surface area contributed by atoms with E-state index in [0.717, 1.165) is 12.8 Å². The number of esters is 1. The Labute approximate surface area is 111 Å². The van der Waals surface area contributed by atoms with E-state index in [4.69, 9.17) is 5.11 Å². The van der Waals surface area contributed by atoms with Crippen LogP contribution in [-0.4, -0.2) is 23.7 Å². The second kappa shape index (κ2) is 15.9. The molecule has 0 aliphatic heterocycles. The summed E-state index contributed by atoms with van der Waals surface area (Å²) in [5.74, 6) is -0.874. The van der Waals surface area contributed by atoms with Crippen LogP contribution in [0.5, 0.6) is 0 Å². The Kier molecular flexibility index (Phi) is 17.1. The van der Waals surface area contributed by atoms with E-state index < -0.39 is 5.97 Å². The summed E-state index contributed by atoms with van der Waals surface area (Å²) < 4.78 is 4.40. The average molecular weight is 260 g/mol. The lowest BCUT2D eigenvalue weighted by Crippen LogP contribution is -1.95. The summed E-state index contributed by atoms with van der Waals surface area (Å²) >= 11 is 0. The van der Waals surface area contributed by atoms with E-state index in [1.807, 2.05) is 0 Å². The van der Waals surface area contributed by atoms with Crippen LogP contribution in [0.3, 0.4) is 0 Å². The number of carbonyl (C=O) groups excluding carboxylic acids is 1. The molecule has 4 nitrogen and oxygen atoms in total. The molecule has 108 valence electrons. The summed E-state index contributed by atoms with van der Waals surface area (Å²) in [7, 11) is 0. The third-order valence-electron chi connectivity index (χ3n) is 2.34. The quantitative estimate of drug-likeness (QED) is 0.506. The summed E-state index contributed by atoms with van der Waals surface area (Å²) in [5.41, 5.74) is 0. The first-order chi connectivity index (χ1) is 8.54. The lowest BCUT2D eigenvalue weighted by molar-refractivity contribution is -0.140. The Morgan fingerprint density at radius 3 is 1.78 bits per heavy atom. The van der Waals surface area contributed by atoms with Crippen molar-refractivity contribution in [2.75, 3.05) is 6.61 Å². The zero-order valence-electron chi connectivity index (χ0n) is 12.0. The minimum atomic E-state index is -0.663. The van der Waals surface area contributed by atoms with Gasteiger partial charge in [-0.1, -0.05) is 45.4 Å². The van der Waals surface area contributed by atoms with Gasteiger partial charge in [0.05, 0.1) is 6.61 Å². The van der Waals surface area contributed by atoms with Gasteiger partial charge in [-0.2, -0.15) is 0 Å². The van der Waals surface area contributed by atoms with Crippen LogP contribution in [0.4, 0.5) is 0 Å². The molecule has 0 rings (SSSR count). The molecule has 0 aromatic carbocycles. The summed E-state index contributed by atoms with van der Waals surface area (Å²) in [6.45, 7) is 5.85. The molecule has 0 spiro atoms. The summed E-state index contributed by atoms with van der Waals surface area (Å²) in [4.78, 5) is 20.0. The molecule has 4 heteroatoms. The van der Waals surface area contributed by atoms with Gasteiger partial charge in [-0.05, 0) is 13.3 Å². The van der Waals surface area contributed by atoms with Crippen molar-refractivity contribution in [1.82, 2.24) is 0 Å². The number of carboxylic acid groups (broad SMARTS) is 1. The molecule has 0 amide bonds. The van der Waals surface area contributed by atoms with Crippen molar-refractivity contribution >= 4 is 11.9 Å². The Morgan fingerprint density at radius 1 is 0.944 bits per heavy atom. The van der Waals surface area contributed by atoms with Gasteiger partial charge in [-0.25, -0.2) is 0 Å². The number of rotatable bonds is 9. The van der Waals surface area contributed by atoms with E-state index in [2.05, 4.69) is 11.7 Å². The molecule has 0 aliphatic carbocycles. The van der Waals surface area contributed by atoms with Crippen molar-refractivity contribution in [3.05, 3.63) is 0 Å². The molecule has 0 aromatic heterocycles. The van der Waals surface area contributed by atoms with Crippen molar-refractivity contribution in [2.45, 2.75) is 72.1 Å². The van der Waals surface area contributed by atoms with Crippen LogP contribution >= 0.6 is 0 Å². The van der Waals surface area contributed by atoms with Crippen molar-refractivity contribution in [3.63, 3.8) is 0 Å². The van der Waals surface area contributed by atoms with E-state index in [9.17, 15) is 9.59 Å². The fourth-order valence-electron chi connectivity index (χ4n) is 1.44. The van der Waals surface area contributed by atoms with Crippen molar-refractivity contribution in [3.8, 4) is 0 Å². The minimum absolute atomic E-state index is 0.211. The topological polar surface area (TPSA) is 63.6 Å². The first kappa shape index (κ1) is 19.3. The van der Waals surface area contributed by atoms with Crippen LogP contribution in [0, 0.1) is 0 Å². The van der Waals surface area contributed by atoms with Gasteiger partial charge in [0.15, 0.2) is 0 Å². The molecular weight excluding hydrogens is 232 g/mol. The van der Waals surface area contributed by atoms with Gasteiger partial charge in [-0.3, -0.25) is 9.59 Å². The number of aliphatic carboxylic acids is 1. The van der Waals surface area contributed by atoms with Gasteiger partial charge < -0.3 is 9.84 Å². The molecule has 0 aliphatic rings. The summed E-state index contributed by atoms with van der Waals surface area (Å²) in [6, 6.07) is 0. The zero-order chi connectivity index (χ0) is 14.2. The SMILES string of the molecule is CCCCCCCCCC(=O)O.CCOC(C)=O. The molecule has 18 heavy (non-hydrogen) atoms. The highest BCUT2D eigenvalue weighted by atomic mass is 16.5. The molecule has 0 saturated heterocycles. The third kappa shape index (κ3) is 24.3. The monoisotopic (exact) mass is 260 g/mol. The first-order valence-corrected chi connectivity index (χ1v) is 6.89. The number of ether oxygens (including phenoxy) is 1. The van der Waals surface area contributed by atoms with E-state index in [1.54, 1.807) is 6.92 Å². The summed E-state index contributed by atoms with van der Waals surface area (Å²) in [6.07, 6.45) is 8.64. The number of unbranched alkanes of at least 4 members (excludes halogenated alkanes) is 6. The second-order valence-corrected chi connectivity index (χ2v) is 4.19. The Bertz CT molecular complexity index is 202. The maximum atomic E-state index is 10.1. The lowest BCUT2D eigenvalue weighted by Gasteiger charge is -1.98. The van der Waals surface area contributed by atoms with Gasteiger partial charge in [0.1, 0.15) is 0 Å². The van der Waals surface area contributed by atoms with Gasteiger partial charge in [0.25, 0.3) is 0 Å². The van der Waals surface area contributed by atoms with E-state index in [0.29, 0.717) is 13.0 Å². The van der Waals surface area contributed by atoms with Crippen LogP contribution in [0.2, 0.25) is 0 Å². The van der Waals surface area contributed by atoms with E-state index in [1.165, 1.54) is 39.0 Å². The zero-order valence-corrected chi connectivity index (χ0v) is 12.0. The third-order valence-corrected chi connectivity index (χ3v) is 2.34. The normalized spacial score (nSPS) is 9.28. The Morgan fingerprint density at radius 2 is 1.44 bits per heavy atom. The van der Waals surface area contributed by atoms with Crippen molar-refractivity contribution in [2.24, 2.45) is 0 Å². The van der Waals surface area contributed by atoms with Crippen LogP contribution in [0.1, 0.15) is 72.1 Å².